The summed E-state index contributed by atoms with van der Waals surface area (Å²) < 4.78 is 4.99. The monoisotopic (exact) mass is 250 g/mol. The molecule has 0 aliphatic carbocycles. The van der Waals surface area contributed by atoms with E-state index in [9.17, 15) is 9.59 Å². The average Bonchev–Trinajstić information content (AvgIpc) is 2.34. The van der Waals surface area contributed by atoms with Crippen molar-refractivity contribution in [2.75, 3.05) is 0 Å². The van der Waals surface area contributed by atoms with Gasteiger partial charge in [-0.05, 0) is 25.0 Å². The molecule has 0 aromatic carbocycles. The molecule has 0 radical (unpaired) electrons. The van der Waals surface area contributed by atoms with E-state index in [2.05, 4.69) is 10.3 Å². The molecule has 0 bridgehead atoms. The summed E-state index contributed by atoms with van der Waals surface area (Å²) in [6, 6.07) is 4.85. The van der Waals surface area contributed by atoms with E-state index in [1.54, 1.807) is 18.3 Å². The first-order valence-corrected chi connectivity index (χ1v) is 5.84. The molecule has 1 atom stereocenters. The third-order valence-corrected chi connectivity index (χ3v) is 2.46. The van der Waals surface area contributed by atoms with Gasteiger partial charge in [-0.25, -0.2) is 4.79 Å². The summed E-state index contributed by atoms with van der Waals surface area (Å²) in [5.41, 5.74) is 0.663. The van der Waals surface area contributed by atoms with E-state index in [1.165, 1.54) is 6.92 Å². The number of amides is 1. The summed E-state index contributed by atoms with van der Waals surface area (Å²) in [6.07, 6.45) is 1.03. The molecule has 1 aromatic heterocycles. The maximum atomic E-state index is 11.5. The summed E-state index contributed by atoms with van der Waals surface area (Å²) in [4.78, 5) is 26.9. The molecule has 0 fully saturated rings. The number of nitrogens with one attached hydrogen (secondary N) is 1. The minimum atomic E-state index is -0.602. The highest BCUT2D eigenvalue weighted by Crippen LogP contribution is 2.04. The summed E-state index contributed by atoms with van der Waals surface area (Å²) in [5, 5.41) is 2.55. The largest absolute Gasteiger partial charge is 0.443 e. The SMILES string of the molecule is CC(=O)[C@@H](NC(=O)OCc1ccccn1)C(C)C. The van der Waals surface area contributed by atoms with Gasteiger partial charge in [0, 0.05) is 6.20 Å². The number of nitrogens with zero attached hydrogens (tertiary/aromatic N) is 1. The van der Waals surface area contributed by atoms with Gasteiger partial charge in [-0.3, -0.25) is 9.78 Å². The van der Waals surface area contributed by atoms with Gasteiger partial charge in [0.05, 0.1) is 11.7 Å². The number of carbonyl (C=O) groups is 2. The number of pyridine rings is 1. The molecule has 1 rings (SSSR count). The van der Waals surface area contributed by atoms with Crippen molar-refractivity contribution in [2.45, 2.75) is 33.4 Å². The zero-order valence-corrected chi connectivity index (χ0v) is 10.8. The van der Waals surface area contributed by atoms with E-state index in [-0.39, 0.29) is 18.3 Å². The normalized spacial score (nSPS) is 12.0. The molecule has 0 aliphatic heterocycles. The van der Waals surface area contributed by atoms with E-state index in [4.69, 9.17) is 4.74 Å². The minimum Gasteiger partial charge on any atom is -0.443 e. The average molecular weight is 250 g/mol. The van der Waals surface area contributed by atoms with Crippen LogP contribution in [0.2, 0.25) is 0 Å². The van der Waals surface area contributed by atoms with Crippen LogP contribution in [-0.2, 0) is 16.1 Å². The Balaban J connectivity index is 2.44. The summed E-state index contributed by atoms with van der Waals surface area (Å²) in [7, 11) is 0. The van der Waals surface area contributed by atoms with Crippen molar-refractivity contribution in [1.82, 2.24) is 10.3 Å². The van der Waals surface area contributed by atoms with Gasteiger partial charge in [-0.2, -0.15) is 0 Å². The number of alkyl carbamates (subject to hydrolysis) is 1. The maximum Gasteiger partial charge on any atom is 0.408 e. The highest BCUT2D eigenvalue weighted by Gasteiger charge is 2.21. The molecule has 1 aromatic rings. The Kier molecular flexibility index (Phi) is 5.30. The van der Waals surface area contributed by atoms with E-state index >= 15 is 0 Å². The van der Waals surface area contributed by atoms with Crippen LogP contribution < -0.4 is 5.32 Å². The molecule has 0 saturated heterocycles. The van der Waals surface area contributed by atoms with Gasteiger partial charge in [-0.1, -0.05) is 19.9 Å². The lowest BCUT2D eigenvalue weighted by atomic mass is 10.0. The van der Waals surface area contributed by atoms with E-state index in [0.29, 0.717) is 5.69 Å². The molecule has 0 spiro atoms. The van der Waals surface area contributed by atoms with Crippen LogP contribution in [-0.4, -0.2) is 22.9 Å². The molecular weight excluding hydrogens is 232 g/mol. The highest BCUT2D eigenvalue weighted by molar-refractivity contribution is 5.85. The molecule has 5 heteroatoms. The zero-order chi connectivity index (χ0) is 13.5. The van der Waals surface area contributed by atoms with Gasteiger partial charge < -0.3 is 10.1 Å². The second-order valence-electron chi connectivity index (χ2n) is 4.37. The topological polar surface area (TPSA) is 68.3 Å². The molecule has 0 aliphatic rings. The summed E-state index contributed by atoms with van der Waals surface area (Å²) in [5.74, 6) is -0.0512. The lowest BCUT2D eigenvalue weighted by molar-refractivity contribution is -0.119. The fourth-order valence-corrected chi connectivity index (χ4v) is 1.53. The van der Waals surface area contributed by atoms with Crippen LogP contribution in [0.3, 0.4) is 0 Å². The lowest BCUT2D eigenvalue weighted by Crippen LogP contribution is -2.43. The van der Waals surface area contributed by atoms with Crippen LogP contribution in [0, 0.1) is 5.92 Å². The number of ether oxygens (including phenoxy) is 1. The highest BCUT2D eigenvalue weighted by atomic mass is 16.5. The standard InChI is InChI=1S/C13H18N2O3/c1-9(2)12(10(3)16)15-13(17)18-8-11-6-4-5-7-14-11/h4-7,9,12H,8H2,1-3H3,(H,15,17)/t12-/m0/s1. The van der Waals surface area contributed by atoms with Crippen LogP contribution in [0.5, 0.6) is 0 Å². The first-order valence-electron chi connectivity index (χ1n) is 5.84. The van der Waals surface area contributed by atoms with Crippen LogP contribution in [0.15, 0.2) is 24.4 Å². The second-order valence-corrected chi connectivity index (χ2v) is 4.37. The van der Waals surface area contributed by atoms with Crippen molar-refractivity contribution in [1.29, 1.82) is 0 Å². The van der Waals surface area contributed by atoms with Gasteiger partial charge in [0.25, 0.3) is 0 Å². The molecule has 98 valence electrons. The van der Waals surface area contributed by atoms with E-state index < -0.39 is 12.1 Å². The van der Waals surface area contributed by atoms with Crippen LogP contribution in [0.25, 0.3) is 0 Å². The van der Waals surface area contributed by atoms with Crippen LogP contribution in [0.4, 0.5) is 4.79 Å². The summed E-state index contributed by atoms with van der Waals surface area (Å²) in [6.45, 7) is 5.27. The van der Waals surface area contributed by atoms with Gasteiger partial charge >= 0.3 is 6.09 Å². The number of hydrogen-bond donors (Lipinski definition) is 1. The van der Waals surface area contributed by atoms with E-state index in [1.807, 2.05) is 19.9 Å². The van der Waals surface area contributed by atoms with Gasteiger partial charge in [-0.15, -0.1) is 0 Å². The smallest absolute Gasteiger partial charge is 0.408 e. The Bertz CT molecular complexity index is 404. The predicted molar refractivity (Wildman–Crippen MR) is 66.9 cm³/mol. The Labute approximate surface area is 107 Å². The minimum absolute atomic E-state index is 0.0323. The Morgan fingerprint density at radius 3 is 2.61 bits per heavy atom. The van der Waals surface area contributed by atoms with Crippen molar-refractivity contribution < 1.29 is 14.3 Å². The summed E-state index contributed by atoms with van der Waals surface area (Å²) >= 11 is 0. The maximum absolute atomic E-state index is 11.5. The van der Waals surface area contributed by atoms with Gasteiger partial charge in [0.1, 0.15) is 6.61 Å². The van der Waals surface area contributed by atoms with Crippen molar-refractivity contribution >= 4 is 11.9 Å². The van der Waals surface area contributed by atoms with Gasteiger partial charge in [0.2, 0.25) is 0 Å². The Morgan fingerprint density at radius 2 is 2.11 bits per heavy atom. The van der Waals surface area contributed by atoms with Crippen LogP contribution in [0.1, 0.15) is 26.5 Å². The quantitative estimate of drug-likeness (QED) is 0.866. The second kappa shape index (κ2) is 6.74. The van der Waals surface area contributed by atoms with Crippen molar-refractivity contribution in [3.05, 3.63) is 30.1 Å². The number of carbonyl (C=O) groups excluding carboxylic acids is 2. The van der Waals surface area contributed by atoms with Gasteiger partial charge in [0.15, 0.2) is 5.78 Å². The molecular formula is C13H18N2O3. The fraction of sp³-hybridized carbons (Fsp3) is 0.462. The fourth-order valence-electron chi connectivity index (χ4n) is 1.53. The third kappa shape index (κ3) is 4.53. The lowest BCUT2D eigenvalue weighted by Gasteiger charge is -2.18. The number of rotatable bonds is 5. The molecule has 0 unspecified atom stereocenters. The molecule has 18 heavy (non-hydrogen) atoms. The molecule has 0 saturated carbocycles. The Hall–Kier alpha value is -1.91. The first-order chi connectivity index (χ1) is 8.50. The van der Waals surface area contributed by atoms with Crippen molar-refractivity contribution in [3.63, 3.8) is 0 Å². The third-order valence-electron chi connectivity index (χ3n) is 2.46. The molecule has 1 heterocycles. The predicted octanol–water partition coefficient (Wildman–Crippen LogP) is 1.92. The van der Waals surface area contributed by atoms with Crippen molar-refractivity contribution in [3.8, 4) is 0 Å². The number of Topliss-reactive ketones (excluding diaryl/α,β-unsaturated/α-hetero) is 1. The zero-order valence-electron chi connectivity index (χ0n) is 10.8. The molecule has 1 amide bonds. The number of hydrogen-bond acceptors (Lipinski definition) is 4. The molecule has 1 N–H and O–H groups in total. The van der Waals surface area contributed by atoms with Crippen molar-refractivity contribution in [2.24, 2.45) is 5.92 Å². The molecule has 5 nitrogen and oxygen atoms in total. The van der Waals surface area contributed by atoms with E-state index in [0.717, 1.165) is 0 Å². The Morgan fingerprint density at radius 1 is 1.39 bits per heavy atom. The number of ketones is 1. The van der Waals surface area contributed by atoms with Crippen LogP contribution >= 0.6 is 0 Å². The number of aromatic nitrogens is 1. The first kappa shape index (κ1) is 14.2.